The van der Waals surface area contributed by atoms with Crippen molar-refractivity contribution in [2.24, 2.45) is 5.41 Å². The van der Waals surface area contributed by atoms with Crippen LogP contribution in [0, 0.1) is 5.41 Å². The summed E-state index contributed by atoms with van der Waals surface area (Å²) in [6.07, 6.45) is 2.42. The molecule has 0 fully saturated rings. The molecule has 1 aromatic rings. The number of benzene rings is 1. The first-order chi connectivity index (χ1) is 9.95. The zero-order valence-corrected chi connectivity index (χ0v) is 14.1. The minimum absolute atomic E-state index is 0.275. The van der Waals surface area contributed by atoms with Crippen molar-refractivity contribution in [2.45, 2.75) is 60.1 Å². The molecule has 1 aromatic carbocycles. The Morgan fingerprint density at radius 3 is 2.76 bits per heavy atom. The van der Waals surface area contributed by atoms with Crippen LogP contribution in [-0.2, 0) is 13.0 Å². The number of hydrogen-bond acceptors (Lipinski definition) is 3. The van der Waals surface area contributed by atoms with Crippen LogP contribution in [0.4, 0.5) is 0 Å². The normalized spacial score (nSPS) is 17.5. The fourth-order valence-corrected chi connectivity index (χ4v) is 2.57. The number of ether oxygens (including phenoxy) is 2. The van der Waals surface area contributed by atoms with Gasteiger partial charge >= 0.3 is 0 Å². The summed E-state index contributed by atoms with van der Waals surface area (Å²) in [5.41, 5.74) is 2.79. The van der Waals surface area contributed by atoms with Gasteiger partial charge in [-0.15, -0.1) is 0 Å². The van der Waals surface area contributed by atoms with Crippen molar-refractivity contribution in [3.05, 3.63) is 23.3 Å². The molecular weight excluding hydrogens is 262 g/mol. The molecule has 0 aliphatic carbocycles. The Morgan fingerprint density at radius 1 is 1.33 bits per heavy atom. The van der Waals surface area contributed by atoms with E-state index in [9.17, 15) is 0 Å². The Morgan fingerprint density at radius 2 is 2.10 bits per heavy atom. The Hall–Kier alpha value is -1.22. The van der Waals surface area contributed by atoms with Crippen molar-refractivity contribution in [3.63, 3.8) is 0 Å². The fourth-order valence-electron chi connectivity index (χ4n) is 2.57. The van der Waals surface area contributed by atoms with Crippen LogP contribution < -0.4 is 14.8 Å². The highest BCUT2D eigenvalue weighted by Crippen LogP contribution is 2.35. The largest absolute Gasteiger partial charge is 0.494 e. The minimum atomic E-state index is 0.275. The third-order valence-corrected chi connectivity index (χ3v) is 4.26. The van der Waals surface area contributed by atoms with E-state index in [1.54, 1.807) is 0 Å². The second-order valence-corrected chi connectivity index (χ2v) is 6.75. The standard InChI is InChI=1S/C18H29NO2/c1-6-18(4,5)12-19-11-15-10-17-14(8-13(3)21-17)9-16(15)20-7-2/h9-10,13,19H,6-8,11-12H2,1-5H3. The summed E-state index contributed by atoms with van der Waals surface area (Å²) in [5, 5.41) is 3.56. The van der Waals surface area contributed by atoms with E-state index in [4.69, 9.17) is 9.47 Å². The molecule has 0 radical (unpaired) electrons. The molecule has 1 aliphatic heterocycles. The van der Waals surface area contributed by atoms with Crippen molar-refractivity contribution in [2.75, 3.05) is 13.2 Å². The molecule has 1 unspecified atom stereocenters. The minimum Gasteiger partial charge on any atom is -0.494 e. The van der Waals surface area contributed by atoms with Crippen LogP contribution in [0.3, 0.4) is 0 Å². The summed E-state index contributed by atoms with van der Waals surface area (Å²) in [4.78, 5) is 0. The molecule has 21 heavy (non-hydrogen) atoms. The zero-order valence-electron chi connectivity index (χ0n) is 14.1. The maximum absolute atomic E-state index is 5.87. The summed E-state index contributed by atoms with van der Waals surface area (Å²) in [7, 11) is 0. The molecule has 118 valence electrons. The average Bonchev–Trinajstić information content (AvgIpc) is 2.78. The van der Waals surface area contributed by atoms with Gasteiger partial charge in [0.25, 0.3) is 0 Å². The average molecular weight is 291 g/mol. The topological polar surface area (TPSA) is 30.5 Å². The number of hydrogen-bond donors (Lipinski definition) is 1. The number of rotatable bonds is 7. The summed E-state index contributed by atoms with van der Waals surface area (Å²) < 4.78 is 11.7. The molecular formula is C18H29NO2. The van der Waals surface area contributed by atoms with Gasteiger partial charge in [-0.05, 0) is 37.8 Å². The van der Waals surface area contributed by atoms with Crippen LogP contribution in [0.5, 0.6) is 11.5 Å². The van der Waals surface area contributed by atoms with Gasteiger partial charge in [0.2, 0.25) is 0 Å². The predicted octanol–water partition coefficient (Wildman–Crippen LogP) is 3.93. The first kappa shape index (κ1) is 16.2. The molecule has 3 nitrogen and oxygen atoms in total. The Kier molecular flexibility index (Phi) is 5.15. The summed E-state index contributed by atoms with van der Waals surface area (Å²) in [6, 6.07) is 4.31. The first-order valence-electron chi connectivity index (χ1n) is 8.11. The molecule has 0 saturated heterocycles. The van der Waals surface area contributed by atoms with E-state index in [1.807, 2.05) is 6.92 Å². The van der Waals surface area contributed by atoms with Gasteiger partial charge in [0.1, 0.15) is 17.6 Å². The highest BCUT2D eigenvalue weighted by atomic mass is 16.5. The lowest BCUT2D eigenvalue weighted by Crippen LogP contribution is -2.28. The van der Waals surface area contributed by atoms with E-state index >= 15 is 0 Å². The third-order valence-electron chi connectivity index (χ3n) is 4.26. The Labute approximate surface area is 129 Å². The summed E-state index contributed by atoms with van der Waals surface area (Å²) >= 11 is 0. The van der Waals surface area contributed by atoms with E-state index in [2.05, 4.69) is 45.1 Å². The van der Waals surface area contributed by atoms with Gasteiger partial charge in [-0.25, -0.2) is 0 Å². The zero-order chi connectivity index (χ0) is 15.5. The fraction of sp³-hybridized carbons (Fsp3) is 0.667. The van der Waals surface area contributed by atoms with Gasteiger partial charge in [-0.2, -0.15) is 0 Å². The van der Waals surface area contributed by atoms with Gasteiger partial charge in [0.15, 0.2) is 0 Å². The van der Waals surface area contributed by atoms with Crippen molar-refractivity contribution >= 4 is 0 Å². The first-order valence-corrected chi connectivity index (χ1v) is 8.11. The molecule has 0 amide bonds. The van der Waals surface area contributed by atoms with Crippen molar-refractivity contribution in [1.29, 1.82) is 0 Å². The molecule has 1 atom stereocenters. The Bertz CT molecular complexity index is 482. The molecule has 1 N–H and O–H groups in total. The van der Waals surface area contributed by atoms with Gasteiger partial charge in [-0.3, -0.25) is 0 Å². The van der Waals surface area contributed by atoms with E-state index in [1.165, 1.54) is 17.5 Å². The maximum atomic E-state index is 5.87. The van der Waals surface area contributed by atoms with Gasteiger partial charge in [0.05, 0.1) is 6.61 Å². The summed E-state index contributed by atoms with van der Waals surface area (Å²) in [5.74, 6) is 2.02. The Balaban J connectivity index is 2.09. The molecule has 3 heteroatoms. The molecule has 2 rings (SSSR count). The lowest BCUT2D eigenvalue weighted by atomic mass is 9.90. The van der Waals surface area contributed by atoms with Crippen LogP contribution in [0.1, 0.15) is 52.2 Å². The SMILES string of the molecule is CCOc1cc2c(cc1CNCC(C)(C)CC)OC(C)C2. The number of nitrogens with one attached hydrogen (secondary N) is 1. The van der Waals surface area contributed by atoms with Crippen LogP contribution in [0.15, 0.2) is 12.1 Å². The lowest BCUT2D eigenvalue weighted by molar-refractivity contribution is 0.254. The van der Waals surface area contributed by atoms with Gasteiger partial charge in [-0.1, -0.05) is 20.8 Å². The second-order valence-electron chi connectivity index (χ2n) is 6.75. The van der Waals surface area contributed by atoms with E-state index in [0.29, 0.717) is 12.0 Å². The monoisotopic (exact) mass is 291 g/mol. The van der Waals surface area contributed by atoms with E-state index in [-0.39, 0.29) is 6.10 Å². The molecule has 1 aliphatic rings. The van der Waals surface area contributed by atoms with Crippen molar-refractivity contribution in [1.82, 2.24) is 5.32 Å². The van der Waals surface area contributed by atoms with Crippen LogP contribution >= 0.6 is 0 Å². The van der Waals surface area contributed by atoms with Gasteiger partial charge < -0.3 is 14.8 Å². The third kappa shape index (κ3) is 4.13. The highest BCUT2D eigenvalue weighted by Gasteiger charge is 2.22. The van der Waals surface area contributed by atoms with Crippen LogP contribution in [0.25, 0.3) is 0 Å². The molecule has 0 spiro atoms. The van der Waals surface area contributed by atoms with Crippen molar-refractivity contribution < 1.29 is 9.47 Å². The maximum Gasteiger partial charge on any atom is 0.124 e. The van der Waals surface area contributed by atoms with Gasteiger partial charge in [0, 0.05) is 30.6 Å². The molecule has 0 bridgehead atoms. The predicted molar refractivity (Wildman–Crippen MR) is 87.2 cm³/mol. The van der Waals surface area contributed by atoms with E-state index in [0.717, 1.165) is 31.0 Å². The van der Waals surface area contributed by atoms with Crippen molar-refractivity contribution in [3.8, 4) is 11.5 Å². The van der Waals surface area contributed by atoms with Crippen LogP contribution in [-0.4, -0.2) is 19.3 Å². The highest BCUT2D eigenvalue weighted by molar-refractivity contribution is 5.48. The summed E-state index contributed by atoms with van der Waals surface area (Å²) in [6.45, 7) is 13.5. The van der Waals surface area contributed by atoms with Crippen LogP contribution in [0.2, 0.25) is 0 Å². The second kappa shape index (κ2) is 6.69. The molecule has 0 aromatic heterocycles. The molecule has 0 saturated carbocycles. The smallest absolute Gasteiger partial charge is 0.124 e. The quantitative estimate of drug-likeness (QED) is 0.825. The van der Waals surface area contributed by atoms with E-state index < -0.39 is 0 Å². The molecule has 1 heterocycles. The lowest BCUT2D eigenvalue weighted by Gasteiger charge is -2.23. The number of fused-ring (bicyclic) bond motifs is 1.